The van der Waals surface area contributed by atoms with Gasteiger partial charge in [-0.15, -0.1) is 0 Å². The maximum atomic E-state index is 13.0. The molecular weight excluding hydrogens is 436 g/mol. The number of nitrogens with one attached hydrogen (secondary N) is 2. The molecule has 2 aromatic heterocycles. The van der Waals surface area contributed by atoms with Gasteiger partial charge in [-0.2, -0.15) is 4.98 Å². The summed E-state index contributed by atoms with van der Waals surface area (Å²) < 4.78 is 5.38. The van der Waals surface area contributed by atoms with Crippen LogP contribution in [0.1, 0.15) is 31.5 Å². The first-order valence-corrected chi connectivity index (χ1v) is 11.0. The highest BCUT2D eigenvalue weighted by molar-refractivity contribution is 5.96. The first kappa shape index (κ1) is 24.8. The van der Waals surface area contributed by atoms with Crippen molar-refractivity contribution < 1.29 is 14.0 Å². The van der Waals surface area contributed by atoms with Gasteiger partial charge >= 0.3 is 5.63 Å². The van der Waals surface area contributed by atoms with Crippen molar-refractivity contribution in [1.82, 2.24) is 14.9 Å². The van der Waals surface area contributed by atoms with Crippen LogP contribution in [0.3, 0.4) is 0 Å². The number of aromatic nitrogens is 2. The molecule has 34 heavy (non-hydrogen) atoms. The van der Waals surface area contributed by atoms with E-state index in [0.29, 0.717) is 29.7 Å². The van der Waals surface area contributed by atoms with Gasteiger partial charge < -0.3 is 25.7 Å². The van der Waals surface area contributed by atoms with Crippen LogP contribution in [-0.4, -0.2) is 52.4 Å². The van der Waals surface area contributed by atoms with Crippen molar-refractivity contribution in [3.63, 3.8) is 0 Å². The van der Waals surface area contributed by atoms with Gasteiger partial charge in [-0.25, -0.2) is 4.79 Å². The van der Waals surface area contributed by atoms with Gasteiger partial charge in [0.15, 0.2) is 0 Å². The second kappa shape index (κ2) is 10.4. The number of likely N-dealkylation sites (N-methyl/N-ethyl adjacent to an activating group) is 1. The molecule has 3 rings (SSSR count). The average molecular weight is 467 g/mol. The highest BCUT2D eigenvalue weighted by atomic mass is 16.4. The number of amides is 2. The fourth-order valence-corrected chi connectivity index (χ4v) is 3.58. The molecular formula is C24H30N6O4. The van der Waals surface area contributed by atoms with Crippen LogP contribution in [-0.2, 0) is 16.0 Å². The third-order valence-corrected chi connectivity index (χ3v) is 5.43. The lowest BCUT2D eigenvalue weighted by molar-refractivity contribution is -0.133. The van der Waals surface area contributed by atoms with E-state index in [4.69, 9.17) is 10.2 Å². The summed E-state index contributed by atoms with van der Waals surface area (Å²) in [5.74, 6) is -0.435. The minimum atomic E-state index is -1.08. The van der Waals surface area contributed by atoms with Crippen molar-refractivity contribution in [1.29, 1.82) is 0 Å². The number of carbonyl (C=O) groups is 2. The van der Waals surface area contributed by atoms with E-state index < -0.39 is 11.2 Å². The fraction of sp³-hybridized carbons (Fsp3) is 0.375. The normalized spacial score (nSPS) is 11.3. The quantitative estimate of drug-likeness (QED) is 0.435. The van der Waals surface area contributed by atoms with Crippen LogP contribution >= 0.6 is 0 Å². The molecule has 1 aromatic carbocycles. The lowest BCUT2D eigenvalue weighted by atomic mass is 10.0. The van der Waals surface area contributed by atoms with Gasteiger partial charge in [-0.3, -0.25) is 14.6 Å². The van der Waals surface area contributed by atoms with Crippen molar-refractivity contribution >= 4 is 34.4 Å². The maximum absolute atomic E-state index is 13.0. The van der Waals surface area contributed by atoms with Gasteiger partial charge in [0.2, 0.25) is 11.8 Å². The molecule has 0 aliphatic carbocycles. The molecule has 10 nitrogen and oxygen atoms in total. The van der Waals surface area contributed by atoms with Gasteiger partial charge in [0.25, 0.3) is 6.01 Å². The molecule has 0 aliphatic rings. The average Bonchev–Trinajstić information content (AvgIpc) is 2.79. The van der Waals surface area contributed by atoms with E-state index >= 15 is 0 Å². The largest absolute Gasteiger partial charge is 0.389 e. The van der Waals surface area contributed by atoms with Crippen LogP contribution in [0.2, 0.25) is 0 Å². The number of hydrogen-bond acceptors (Lipinski definition) is 8. The van der Waals surface area contributed by atoms with E-state index in [0.717, 1.165) is 5.69 Å². The molecule has 4 N–H and O–H groups in total. The van der Waals surface area contributed by atoms with Crippen molar-refractivity contribution in [2.24, 2.45) is 5.73 Å². The standard InChI is InChI=1S/C24H30N6O4/c1-15-17(27-19(31)10-12-25)8-9-18-20(15)21(32)34-23(28-18)29-24(2,3)22(33)30(4)14-11-16-7-5-6-13-26-16/h5-9,13H,10-12,14,25H2,1-4H3,(H,27,31)(H,28,29). The Hall–Kier alpha value is -3.79. The number of benzene rings is 1. The zero-order valence-corrected chi connectivity index (χ0v) is 19.8. The topological polar surface area (TPSA) is 143 Å². The minimum Gasteiger partial charge on any atom is -0.389 e. The zero-order chi connectivity index (χ0) is 24.9. The molecule has 0 unspecified atom stereocenters. The Balaban J connectivity index is 1.77. The van der Waals surface area contributed by atoms with E-state index in [1.807, 2.05) is 18.2 Å². The van der Waals surface area contributed by atoms with E-state index in [9.17, 15) is 14.4 Å². The summed E-state index contributed by atoms with van der Waals surface area (Å²) in [7, 11) is 1.71. The predicted octanol–water partition coefficient (Wildman–Crippen LogP) is 2.07. The molecule has 2 amide bonds. The predicted molar refractivity (Wildman–Crippen MR) is 131 cm³/mol. The Labute approximate surface area is 197 Å². The van der Waals surface area contributed by atoms with Crippen molar-refractivity contribution in [3.8, 4) is 0 Å². The zero-order valence-electron chi connectivity index (χ0n) is 19.8. The first-order valence-electron chi connectivity index (χ1n) is 11.0. The molecule has 180 valence electrons. The Morgan fingerprint density at radius 1 is 1.21 bits per heavy atom. The molecule has 3 aromatic rings. The van der Waals surface area contributed by atoms with Crippen molar-refractivity contribution in [2.45, 2.75) is 39.2 Å². The molecule has 0 atom stereocenters. The molecule has 0 saturated carbocycles. The number of anilines is 2. The van der Waals surface area contributed by atoms with E-state index in [-0.39, 0.29) is 36.2 Å². The molecule has 10 heteroatoms. The highest BCUT2D eigenvalue weighted by Gasteiger charge is 2.32. The number of pyridine rings is 1. The summed E-state index contributed by atoms with van der Waals surface area (Å²) >= 11 is 0. The van der Waals surface area contributed by atoms with E-state index in [1.165, 1.54) is 0 Å². The third-order valence-electron chi connectivity index (χ3n) is 5.43. The Bertz CT molecular complexity index is 1240. The summed E-state index contributed by atoms with van der Waals surface area (Å²) in [6, 6.07) is 8.89. The second-order valence-electron chi connectivity index (χ2n) is 8.57. The molecule has 0 fully saturated rings. The molecule has 0 aliphatic heterocycles. The number of nitrogens with zero attached hydrogens (tertiary/aromatic N) is 3. The van der Waals surface area contributed by atoms with Gasteiger partial charge in [-0.05, 0) is 50.6 Å². The van der Waals surface area contributed by atoms with Crippen LogP contribution in [0.25, 0.3) is 10.9 Å². The Morgan fingerprint density at radius 3 is 2.65 bits per heavy atom. The number of nitrogens with two attached hydrogens (primary N) is 1. The van der Waals surface area contributed by atoms with Crippen molar-refractivity contribution in [3.05, 3.63) is 58.2 Å². The minimum absolute atomic E-state index is 0.0618. The fourth-order valence-electron chi connectivity index (χ4n) is 3.58. The van der Waals surface area contributed by atoms with E-state index in [2.05, 4.69) is 20.6 Å². The van der Waals surface area contributed by atoms with Gasteiger partial charge in [0.05, 0.1) is 10.9 Å². The molecule has 0 radical (unpaired) electrons. The number of aryl methyl sites for hydroxylation is 1. The summed E-state index contributed by atoms with van der Waals surface area (Å²) in [6.07, 6.45) is 2.51. The van der Waals surface area contributed by atoms with Gasteiger partial charge in [0.1, 0.15) is 5.54 Å². The Kier molecular flexibility index (Phi) is 7.62. The van der Waals surface area contributed by atoms with Crippen LogP contribution < -0.4 is 22.0 Å². The number of carbonyl (C=O) groups excluding carboxylic acids is 2. The molecule has 0 bridgehead atoms. The van der Waals surface area contributed by atoms with E-state index in [1.54, 1.807) is 51.0 Å². The van der Waals surface area contributed by atoms with Crippen LogP contribution in [0.5, 0.6) is 0 Å². The van der Waals surface area contributed by atoms with Gasteiger partial charge in [-0.1, -0.05) is 6.07 Å². The van der Waals surface area contributed by atoms with Crippen LogP contribution in [0, 0.1) is 6.92 Å². The maximum Gasteiger partial charge on any atom is 0.348 e. The summed E-state index contributed by atoms with van der Waals surface area (Å²) in [5, 5.41) is 5.94. The lowest BCUT2D eigenvalue weighted by Crippen LogP contribution is -2.49. The summed E-state index contributed by atoms with van der Waals surface area (Å²) in [4.78, 5) is 47.9. The Morgan fingerprint density at radius 2 is 1.97 bits per heavy atom. The third kappa shape index (κ3) is 5.76. The molecule has 0 saturated heterocycles. The number of hydrogen-bond donors (Lipinski definition) is 3. The second-order valence-corrected chi connectivity index (χ2v) is 8.57. The van der Waals surface area contributed by atoms with Crippen molar-refractivity contribution in [2.75, 3.05) is 30.8 Å². The summed E-state index contributed by atoms with van der Waals surface area (Å²) in [6.45, 7) is 5.80. The SMILES string of the molecule is Cc1c(NC(=O)CCN)ccc2nc(NC(C)(C)C(=O)N(C)CCc3ccccn3)oc(=O)c12. The first-order chi connectivity index (χ1) is 16.1. The summed E-state index contributed by atoms with van der Waals surface area (Å²) in [5.41, 5.74) is 6.03. The number of rotatable bonds is 9. The molecule has 0 spiro atoms. The number of fused-ring (bicyclic) bond motifs is 1. The van der Waals surface area contributed by atoms with Crippen LogP contribution in [0.4, 0.5) is 11.7 Å². The lowest BCUT2D eigenvalue weighted by Gasteiger charge is -2.30. The highest BCUT2D eigenvalue weighted by Crippen LogP contribution is 2.24. The smallest absolute Gasteiger partial charge is 0.348 e. The van der Waals surface area contributed by atoms with Gasteiger partial charge in [0, 0.05) is 50.6 Å². The van der Waals surface area contributed by atoms with Crippen LogP contribution in [0.15, 0.2) is 45.7 Å². The molecule has 2 heterocycles. The monoisotopic (exact) mass is 466 g/mol.